The lowest BCUT2D eigenvalue weighted by Gasteiger charge is -2.21. The monoisotopic (exact) mass is 213 g/mol. The van der Waals surface area contributed by atoms with Crippen molar-refractivity contribution >= 4 is 24.0 Å². The van der Waals surface area contributed by atoms with Gasteiger partial charge in [-0.3, -0.25) is 14.5 Å². The van der Waals surface area contributed by atoms with Gasteiger partial charge in [-0.15, -0.1) is 0 Å². The smallest absolute Gasteiger partial charge is 0.261 e. The second-order valence-corrected chi connectivity index (χ2v) is 3.63. The van der Waals surface area contributed by atoms with Crippen molar-refractivity contribution in [2.45, 2.75) is 0 Å². The number of benzene rings is 1. The maximum atomic E-state index is 11.9. The van der Waals surface area contributed by atoms with E-state index < -0.39 is 0 Å². The Morgan fingerprint density at radius 3 is 2.56 bits per heavy atom. The van der Waals surface area contributed by atoms with Gasteiger partial charge in [0.25, 0.3) is 11.8 Å². The van der Waals surface area contributed by atoms with Gasteiger partial charge in [0.1, 0.15) is 0 Å². The molecule has 0 fully saturated rings. The number of hydrogen-bond donors (Lipinski definition) is 0. The van der Waals surface area contributed by atoms with Crippen LogP contribution in [-0.4, -0.2) is 23.8 Å². The Morgan fingerprint density at radius 2 is 1.94 bits per heavy atom. The van der Waals surface area contributed by atoms with Crippen LogP contribution in [0.15, 0.2) is 30.9 Å². The molecular formula is C13H11NO2. The SMILES string of the molecule is C=CC1=c2c(cccc2=C)C(=O)N(C)C1=O. The van der Waals surface area contributed by atoms with Gasteiger partial charge in [-0.05, 0) is 11.3 Å². The molecule has 0 aliphatic carbocycles. The second-order valence-electron chi connectivity index (χ2n) is 3.63. The van der Waals surface area contributed by atoms with Crippen LogP contribution < -0.4 is 10.4 Å². The molecule has 0 radical (unpaired) electrons. The van der Waals surface area contributed by atoms with Crippen LogP contribution >= 0.6 is 0 Å². The van der Waals surface area contributed by atoms with Crippen molar-refractivity contribution in [1.29, 1.82) is 0 Å². The summed E-state index contributed by atoms with van der Waals surface area (Å²) in [6, 6.07) is 5.22. The van der Waals surface area contributed by atoms with Gasteiger partial charge in [0.2, 0.25) is 0 Å². The van der Waals surface area contributed by atoms with E-state index in [9.17, 15) is 9.59 Å². The summed E-state index contributed by atoms with van der Waals surface area (Å²) in [5.74, 6) is -0.625. The molecule has 0 atom stereocenters. The van der Waals surface area contributed by atoms with Crippen molar-refractivity contribution in [2.24, 2.45) is 0 Å². The summed E-state index contributed by atoms with van der Waals surface area (Å²) < 4.78 is 0. The Balaban J connectivity index is 3.03. The second kappa shape index (κ2) is 3.45. The fourth-order valence-electron chi connectivity index (χ4n) is 1.85. The van der Waals surface area contributed by atoms with Crippen LogP contribution in [0.1, 0.15) is 10.4 Å². The van der Waals surface area contributed by atoms with Crippen molar-refractivity contribution in [3.8, 4) is 0 Å². The number of imide groups is 1. The number of hydrogen-bond acceptors (Lipinski definition) is 2. The lowest BCUT2D eigenvalue weighted by Crippen LogP contribution is -2.47. The first-order valence-corrected chi connectivity index (χ1v) is 4.85. The van der Waals surface area contributed by atoms with E-state index in [4.69, 9.17) is 0 Å². The third-order valence-corrected chi connectivity index (χ3v) is 2.69. The van der Waals surface area contributed by atoms with E-state index in [1.165, 1.54) is 13.1 Å². The van der Waals surface area contributed by atoms with Crippen LogP contribution in [0.4, 0.5) is 0 Å². The number of amides is 2. The van der Waals surface area contributed by atoms with E-state index >= 15 is 0 Å². The molecule has 0 bridgehead atoms. The van der Waals surface area contributed by atoms with Gasteiger partial charge in [-0.25, -0.2) is 0 Å². The predicted molar refractivity (Wildman–Crippen MR) is 61.9 cm³/mol. The van der Waals surface area contributed by atoms with E-state index in [0.29, 0.717) is 21.6 Å². The van der Waals surface area contributed by atoms with Gasteiger partial charge in [0, 0.05) is 23.4 Å². The van der Waals surface area contributed by atoms with Crippen LogP contribution in [-0.2, 0) is 4.79 Å². The van der Waals surface area contributed by atoms with E-state index in [0.717, 1.165) is 4.90 Å². The average Bonchev–Trinajstić information content (AvgIpc) is 2.28. The average molecular weight is 213 g/mol. The van der Waals surface area contributed by atoms with E-state index in [2.05, 4.69) is 13.2 Å². The highest BCUT2D eigenvalue weighted by molar-refractivity contribution is 6.26. The third kappa shape index (κ3) is 1.21. The number of carbonyl (C=O) groups is 2. The van der Waals surface area contributed by atoms with E-state index in [1.54, 1.807) is 18.2 Å². The van der Waals surface area contributed by atoms with Crippen molar-refractivity contribution in [2.75, 3.05) is 7.05 Å². The minimum absolute atomic E-state index is 0.295. The quantitative estimate of drug-likeness (QED) is 0.618. The molecule has 3 nitrogen and oxygen atoms in total. The molecule has 3 heteroatoms. The Kier molecular flexibility index (Phi) is 2.23. The molecule has 1 aliphatic rings. The minimum Gasteiger partial charge on any atom is -0.277 e. The van der Waals surface area contributed by atoms with Gasteiger partial charge >= 0.3 is 0 Å². The Hall–Kier alpha value is -2.16. The van der Waals surface area contributed by atoms with E-state index in [-0.39, 0.29) is 11.8 Å². The molecule has 0 spiro atoms. The first-order valence-electron chi connectivity index (χ1n) is 4.85. The Bertz CT molecular complexity index is 613. The summed E-state index contributed by atoms with van der Waals surface area (Å²) in [6.45, 7) is 7.45. The standard InChI is InChI=1S/C13H11NO2/c1-4-9-11-8(2)6-5-7-10(11)13(16)14(3)12(9)15/h4-7H,1-2H2,3H3. The van der Waals surface area contributed by atoms with Gasteiger partial charge in [0.05, 0.1) is 0 Å². The molecule has 2 rings (SSSR count). The van der Waals surface area contributed by atoms with Gasteiger partial charge in [-0.1, -0.05) is 31.4 Å². The largest absolute Gasteiger partial charge is 0.277 e. The summed E-state index contributed by atoms with van der Waals surface area (Å²) in [7, 11) is 1.47. The molecule has 0 N–H and O–H groups in total. The molecule has 1 heterocycles. The summed E-state index contributed by atoms with van der Waals surface area (Å²) in [5.41, 5.74) is 0.937. The fourth-order valence-corrected chi connectivity index (χ4v) is 1.85. The molecular weight excluding hydrogens is 202 g/mol. The highest BCUT2D eigenvalue weighted by Gasteiger charge is 2.27. The molecule has 80 valence electrons. The molecule has 2 amide bonds. The van der Waals surface area contributed by atoms with Crippen LogP contribution in [0.3, 0.4) is 0 Å². The van der Waals surface area contributed by atoms with Crippen molar-refractivity contribution in [3.63, 3.8) is 0 Å². The first-order chi connectivity index (χ1) is 7.57. The topological polar surface area (TPSA) is 37.4 Å². The third-order valence-electron chi connectivity index (χ3n) is 2.69. The summed E-state index contributed by atoms with van der Waals surface area (Å²) in [4.78, 5) is 24.8. The van der Waals surface area contributed by atoms with E-state index in [1.807, 2.05) is 0 Å². The lowest BCUT2D eigenvalue weighted by atomic mass is 9.99. The maximum absolute atomic E-state index is 11.9. The molecule has 1 aliphatic heterocycles. The summed E-state index contributed by atoms with van der Waals surface area (Å²) in [5, 5.41) is 1.27. The molecule has 1 aromatic rings. The number of rotatable bonds is 1. The molecule has 1 aromatic carbocycles. The summed E-state index contributed by atoms with van der Waals surface area (Å²) in [6.07, 6.45) is 1.47. The zero-order valence-corrected chi connectivity index (χ0v) is 8.99. The first kappa shape index (κ1) is 10.4. The number of nitrogens with zero attached hydrogens (tertiary/aromatic N) is 1. The van der Waals surface area contributed by atoms with Gasteiger partial charge in [-0.2, -0.15) is 0 Å². The van der Waals surface area contributed by atoms with Crippen LogP contribution in [0.25, 0.3) is 12.2 Å². The van der Waals surface area contributed by atoms with Crippen LogP contribution in [0.5, 0.6) is 0 Å². The van der Waals surface area contributed by atoms with Crippen molar-refractivity contribution in [3.05, 3.63) is 46.9 Å². The van der Waals surface area contributed by atoms with Crippen LogP contribution in [0.2, 0.25) is 0 Å². The zero-order valence-electron chi connectivity index (χ0n) is 8.99. The van der Waals surface area contributed by atoms with Gasteiger partial charge < -0.3 is 0 Å². The molecule has 0 unspecified atom stereocenters. The maximum Gasteiger partial charge on any atom is 0.261 e. The molecule has 0 saturated heterocycles. The van der Waals surface area contributed by atoms with Crippen molar-refractivity contribution < 1.29 is 9.59 Å². The lowest BCUT2D eigenvalue weighted by molar-refractivity contribution is -0.121. The summed E-state index contributed by atoms with van der Waals surface area (Å²) >= 11 is 0. The molecule has 16 heavy (non-hydrogen) atoms. The minimum atomic E-state index is -0.330. The molecule has 0 aromatic heterocycles. The highest BCUT2D eigenvalue weighted by atomic mass is 16.2. The van der Waals surface area contributed by atoms with Crippen LogP contribution in [0, 0.1) is 0 Å². The highest BCUT2D eigenvalue weighted by Crippen LogP contribution is 2.10. The molecule has 0 saturated carbocycles. The number of fused-ring (bicyclic) bond motifs is 1. The number of carbonyl (C=O) groups excluding carboxylic acids is 2. The normalized spacial score (nSPS) is 15.1. The predicted octanol–water partition coefficient (Wildman–Crippen LogP) is 0.0458. The Morgan fingerprint density at radius 1 is 1.25 bits per heavy atom. The fraction of sp³-hybridized carbons (Fsp3) is 0.0769. The van der Waals surface area contributed by atoms with Gasteiger partial charge in [0.15, 0.2) is 0 Å². The zero-order chi connectivity index (χ0) is 11.9. The van der Waals surface area contributed by atoms with Crippen molar-refractivity contribution in [1.82, 2.24) is 4.90 Å². The Labute approximate surface area is 93.0 Å².